The van der Waals surface area contributed by atoms with Crippen LogP contribution in [0.5, 0.6) is 0 Å². The van der Waals surface area contributed by atoms with Gasteiger partial charge in [-0.05, 0) is 17.0 Å². The van der Waals surface area contributed by atoms with Gasteiger partial charge in [0.15, 0.2) is 5.78 Å². The van der Waals surface area contributed by atoms with E-state index in [4.69, 9.17) is 5.53 Å². The number of hydrogen-bond acceptors (Lipinski definition) is 3. The number of nitrogens with zero attached hydrogens (tertiary/aromatic N) is 3. The van der Waals surface area contributed by atoms with Crippen LogP contribution in [-0.4, -0.2) is 5.78 Å². The molecule has 0 fully saturated rings. The van der Waals surface area contributed by atoms with Crippen LogP contribution in [0, 0.1) is 0 Å². The zero-order chi connectivity index (χ0) is 12.1. The van der Waals surface area contributed by atoms with Crippen molar-refractivity contribution in [2.75, 3.05) is 0 Å². The van der Waals surface area contributed by atoms with Gasteiger partial charge in [0.25, 0.3) is 0 Å². The third-order valence-electron chi connectivity index (χ3n) is 2.29. The Bertz CT molecular complexity index is 544. The van der Waals surface area contributed by atoms with Gasteiger partial charge in [0, 0.05) is 15.4 Å². The maximum absolute atomic E-state index is 12.2. The molecule has 2 rings (SSSR count). The summed E-state index contributed by atoms with van der Waals surface area (Å²) in [6.07, 6.45) is 0. The Balaban J connectivity index is 2.36. The number of hydrogen-bond donors (Lipinski definition) is 0. The molecule has 1 atom stereocenters. The summed E-state index contributed by atoms with van der Waals surface area (Å²) in [5.74, 6) is -0.175. The van der Waals surface area contributed by atoms with E-state index in [0.29, 0.717) is 5.56 Å². The van der Waals surface area contributed by atoms with Crippen LogP contribution < -0.4 is 0 Å². The minimum atomic E-state index is -0.762. The van der Waals surface area contributed by atoms with E-state index in [-0.39, 0.29) is 5.78 Å². The SMILES string of the molecule is [N-]=[N+]=NC(C(=O)c1ccccc1)c1cccs1. The van der Waals surface area contributed by atoms with Crippen molar-refractivity contribution in [3.63, 3.8) is 0 Å². The van der Waals surface area contributed by atoms with Gasteiger partial charge in [-0.25, -0.2) is 0 Å². The number of ketones is 1. The Morgan fingerprint density at radius 2 is 2.00 bits per heavy atom. The van der Waals surface area contributed by atoms with Crippen molar-refractivity contribution in [1.29, 1.82) is 0 Å². The molecule has 2 aromatic rings. The summed E-state index contributed by atoms with van der Waals surface area (Å²) in [5, 5.41) is 5.44. The highest BCUT2D eigenvalue weighted by Crippen LogP contribution is 2.26. The zero-order valence-corrected chi connectivity index (χ0v) is 9.67. The number of benzene rings is 1. The highest BCUT2D eigenvalue weighted by atomic mass is 32.1. The number of azide groups is 1. The van der Waals surface area contributed by atoms with Gasteiger partial charge in [-0.3, -0.25) is 4.79 Å². The van der Waals surface area contributed by atoms with E-state index in [2.05, 4.69) is 10.0 Å². The van der Waals surface area contributed by atoms with Gasteiger partial charge in [0.05, 0.1) is 0 Å². The molecule has 0 aliphatic heterocycles. The van der Waals surface area contributed by atoms with Crippen molar-refractivity contribution >= 4 is 17.1 Å². The summed E-state index contributed by atoms with van der Waals surface area (Å²) in [6, 6.07) is 11.7. The Morgan fingerprint density at radius 3 is 2.59 bits per heavy atom. The topological polar surface area (TPSA) is 65.8 Å². The molecule has 84 valence electrons. The van der Waals surface area contributed by atoms with Gasteiger partial charge < -0.3 is 0 Å². The molecule has 0 amide bonds. The maximum atomic E-state index is 12.2. The lowest BCUT2D eigenvalue weighted by Crippen LogP contribution is -2.08. The van der Waals surface area contributed by atoms with Crippen LogP contribution in [0.25, 0.3) is 10.4 Å². The third-order valence-corrected chi connectivity index (χ3v) is 3.21. The Hall–Kier alpha value is -2.10. The van der Waals surface area contributed by atoms with Crippen LogP contribution in [0.3, 0.4) is 0 Å². The molecule has 1 aromatic carbocycles. The molecule has 0 bridgehead atoms. The molecule has 0 spiro atoms. The van der Waals surface area contributed by atoms with Crippen LogP contribution >= 0.6 is 11.3 Å². The van der Waals surface area contributed by atoms with Crippen molar-refractivity contribution in [2.45, 2.75) is 6.04 Å². The Labute approximate surface area is 102 Å². The van der Waals surface area contributed by atoms with Crippen molar-refractivity contribution in [3.8, 4) is 0 Å². The maximum Gasteiger partial charge on any atom is 0.177 e. The molecule has 1 heterocycles. The van der Waals surface area contributed by atoms with Crippen molar-refractivity contribution in [3.05, 3.63) is 68.7 Å². The minimum absolute atomic E-state index is 0.175. The monoisotopic (exact) mass is 243 g/mol. The first-order valence-electron chi connectivity index (χ1n) is 5.00. The smallest absolute Gasteiger partial charge is 0.177 e. The van der Waals surface area contributed by atoms with Gasteiger partial charge in [-0.15, -0.1) is 11.3 Å². The summed E-state index contributed by atoms with van der Waals surface area (Å²) in [6.45, 7) is 0. The predicted octanol–water partition coefficient (Wildman–Crippen LogP) is 3.98. The van der Waals surface area contributed by atoms with E-state index < -0.39 is 6.04 Å². The van der Waals surface area contributed by atoms with Crippen LogP contribution in [0.4, 0.5) is 0 Å². The first-order chi connectivity index (χ1) is 8.33. The molecule has 0 saturated carbocycles. The van der Waals surface area contributed by atoms with Crippen molar-refractivity contribution in [2.24, 2.45) is 5.11 Å². The fourth-order valence-electron chi connectivity index (χ4n) is 1.50. The molecule has 0 aliphatic carbocycles. The summed E-state index contributed by atoms with van der Waals surface area (Å²) < 4.78 is 0. The van der Waals surface area contributed by atoms with Crippen LogP contribution in [0.2, 0.25) is 0 Å². The number of thiophene rings is 1. The Kier molecular flexibility index (Phi) is 3.55. The van der Waals surface area contributed by atoms with E-state index >= 15 is 0 Å². The van der Waals surface area contributed by atoms with Gasteiger partial charge in [0.1, 0.15) is 6.04 Å². The molecule has 0 N–H and O–H groups in total. The van der Waals surface area contributed by atoms with E-state index in [1.165, 1.54) is 11.3 Å². The predicted molar refractivity (Wildman–Crippen MR) is 67.0 cm³/mol. The normalized spacial score (nSPS) is 11.5. The standard InChI is InChI=1S/C12H9N3OS/c13-15-14-11(10-7-4-8-17-10)12(16)9-5-2-1-3-6-9/h1-8,11H. The highest BCUT2D eigenvalue weighted by Gasteiger charge is 2.21. The first kappa shape index (κ1) is 11.4. The van der Waals surface area contributed by atoms with Crippen LogP contribution in [-0.2, 0) is 0 Å². The quantitative estimate of drug-likeness (QED) is 0.346. The lowest BCUT2D eigenvalue weighted by Gasteiger charge is -2.07. The summed E-state index contributed by atoms with van der Waals surface area (Å²) >= 11 is 1.41. The molecular weight excluding hydrogens is 234 g/mol. The second-order valence-electron chi connectivity index (χ2n) is 3.35. The average molecular weight is 243 g/mol. The molecular formula is C12H9N3OS. The third kappa shape index (κ3) is 2.53. The molecule has 0 aliphatic rings. The van der Waals surface area contributed by atoms with Crippen LogP contribution in [0.15, 0.2) is 53.0 Å². The molecule has 0 saturated heterocycles. The molecule has 5 heteroatoms. The largest absolute Gasteiger partial charge is 0.293 e. The lowest BCUT2D eigenvalue weighted by atomic mass is 10.0. The van der Waals surface area contributed by atoms with Crippen molar-refractivity contribution < 1.29 is 4.79 Å². The van der Waals surface area contributed by atoms with Gasteiger partial charge in [-0.2, -0.15) is 0 Å². The number of carbonyl (C=O) groups excluding carboxylic acids is 1. The highest BCUT2D eigenvalue weighted by molar-refractivity contribution is 7.10. The van der Waals surface area contributed by atoms with Gasteiger partial charge >= 0.3 is 0 Å². The molecule has 1 aromatic heterocycles. The lowest BCUT2D eigenvalue weighted by molar-refractivity contribution is 0.0963. The molecule has 0 radical (unpaired) electrons. The second-order valence-corrected chi connectivity index (χ2v) is 4.33. The fourth-order valence-corrected chi connectivity index (χ4v) is 2.25. The van der Waals surface area contributed by atoms with Crippen LogP contribution in [0.1, 0.15) is 21.3 Å². The summed E-state index contributed by atoms with van der Waals surface area (Å²) in [5.41, 5.74) is 9.10. The van der Waals surface area contributed by atoms with E-state index in [9.17, 15) is 4.79 Å². The van der Waals surface area contributed by atoms with E-state index in [1.807, 2.05) is 17.5 Å². The van der Waals surface area contributed by atoms with Gasteiger partial charge in [-0.1, -0.05) is 41.5 Å². The summed E-state index contributed by atoms with van der Waals surface area (Å²) in [7, 11) is 0. The zero-order valence-electron chi connectivity index (χ0n) is 8.85. The molecule has 1 unspecified atom stereocenters. The number of Topliss-reactive ketones (excluding diaryl/α,β-unsaturated/α-hetero) is 1. The number of carbonyl (C=O) groups is 1. The number of rotatable bonds is 4. The van der Waals surface area contributed by atoms with E-state index in [0.717, 1.165) is 4.88 Å². The van der Waals surface area contributed by atoms with Crippen molar-refractivity contribution in [1.82, 2.24) is 0 Å². The summed E-state index contributed by atoms with van der Waals surface area (Å²) in [4.78, 5) is 15.7. The average Bonchev–Trinajstić information content (AvgIpc) is 2.90. The fraction of sp³-hybridized carbons (Fsp3) is 0.0833. The van der Waals surface area contributed by atoms with E-state index in [1.54, 1.807) is 30.3 Å². The second kappa shape index (κ2) is 5.30. The Morgan fingerprint density at radius 1 is 1.24 bits per heavy atom. The molecule has 4 nitrogen and oxygen atoms in total. The molecule has 17 heavy (non-hydrogen) atoms. The minimum Gasteiger partial charge on any atom is -0.293 e. The first-order valence-corrected chi connectivity index (χ1v) is 5.88. The van der Waals surface area contributed by atoms with Gasteiger partial charge in [0.2, 0.25) is 0 Å².